The molecule has 1 saturated heterocycles. The third-order valence-corrected chi connectivity index (χ3v) is 5.35. The zero-order chi connectivity index (χ0) is 14.3. The van der Waals surface area contributed by atoms with Crippen LogP contribution in [0.2, 0.25) is 0 Å². The summed E-state index contributed by atoms with van der Waals surface area (Å²) < 4.78 is 26.4. The van der Waals surface area contributed by atoms with Crippen molar-refractivity contribution >= 4 is 10.0 Å². The van der Waals surface area contributed by atoms with E-state index in [1.165, 1.54) is 15.2 Å². The van der Waals surface area contributed by atoms with E-state index in [-0.39, 0.29) is 11.6 Å². The summed E-state index contributed by atoms with van der Waals surface area (Å²) in [4.78, 5) is 11.9. The fraction of sp³-hybridized carbons (Fsp3) is 0.692. The second-order valence-electron chi connectivity index (χ2n) is 5.72. The van der Waals surface area contributed by atoms with Crippen LogP contribution in [0.15, 0.2) is 16.9 Å². The second-order valence-corrected chi connectivity index (χ2v) is 7.66. The molecule has 1 saturated carbocycles. The lowest BCUT2D eigenvalue weighted by Crippen LogP contribution is -2.40. The molecule has 2 fully saturated rings. The number of hydrogen-bond donors (Lipinski definition) is 0. The van der Waals surface area contributed by atoms with E-state index >= 15 is 0 Å². The van der Waals surface area contributed by atoms with Gasteiger partial charge in [-0.3, -0.25) is 4.79 Å². The summed E-state index contributed by atoms with van der Waals surface area (Å²) >= 11 is 0. The molecule has 1 atom stereocenters. The van der Waals surface area contributed by atoms with E-state index in [2.05, 4.69) is 5.10 Å². The molecule has 2 aliphatic rings. The van der Waals surface area contributed by atoms with Crippen LogP contribution < -0.4 is 5.56 Å². The first-order valence-corrected chi connectivity index (χ1v) is 8.85. The van der Waals surface area contributed by atoms with Crippen molar-refractivity contribution in [1.82, 2.24) is 14.1 Å². The fourth-order valence-corrected chi connectivity index (χ4v) is 3.99. The summed E-state index contributed by atoms with van der Waals surface area (Å²) in [5.74, 6) is 0.483. The first-order valence-electron chi connectivity index (χ1n) is 7.00. The van der Waals surface area contributed by atoms with Gasteiger partial charge in [0.15, 0.2) is 0 Å². The molecule has 0 amide bonds. The Morgan fingerprint density at radius 1 is 1.30 bits per heavy atom. The number of sulfonamides is 1. The second kappa shape index (κ2) is 4.96. The van der Waals surface area contributed by atoms with Crippen molar-refractivity contribution in [2.24, 2.45) is 0 Å². The lowest BCUT2D eigenvalue weighted by atomic mass is 10.2. The molecule has 0 spiro atoms. The highest BCUT2D eigenvalue weighted by atomic mass is 32.2. The Labute approximate surface area is 118 Å². The van der Waals surface area contributed by atoms with E-state index < -0.39 is 10.0 Å². The minimum Gasteiger partial charge on any atom is -0.268 e. The largest absolute Gasteiger partial charge is 0.268 e. The Morgan fingerprint density at radius 3 is 2.70 bits per heavy atom. The Kier molecular flexibility index (Phi) is 3.41. The van der Waals surface area contributed by atoms with Gasteiger partial charge in [-0.05, 0) is 31.7 Å². The van der Waals surface area contributed by atoms with Crippen LogP contribution in [-0.2, 0) is 16.6 Å². The maximum Gasteiger partial charge on any atom is 0.266 e. The maximum absolute atomic E-state index is 11.9. The van der Waals surface area contributed by atoms with Crippen LogP contribution in [0.5, 0.6) is 0 Å². The molecule has 0 bridgehead atoms. The molecule has 6 nitrogen and oxygen atoms in total. The molecule has 0 aromatic carbocycles. The van der Waals surface area contributed by atoms with Gasteiger partial charge in [-0.1, -0.05) is 0 Å². The van der Waals surface area contributed by atoms with Crippen LogP contribution in [0, 0.1) is 0 Å². The van der Waals surface area contributed by atoms with Gasteiger partial charge in [-0.25, -0.2) is 13.1 Å². The summed E-state index contributed by atoms with van der Waals surface area (Å²) in [7, 11) is -3.21. The molecule has 3 rings (SSSR count). The summed E-state index contributed by atoms with van der Waals surface area (Å²) in [6.07, 6.45) is 5.11. The highest BCUT2D eigenvalue weighted by Gasteiger charge is 2.32. The zero-order valence-corrected chi connectivity index (χ0v) is 12.3. The van der Waals surface area contributed by atoms with E-state index in [0.29, 0.717) is 19.0 Å². The number of aromatic nitrogens is 2. The molecule has 20 heavy (non-hydrogen) atoms. The topological polar surface area (TPSA) is 72.3 Å². The average molecular weight is 297 g/mol. The predicted octanol–water partition coefficient (Wildman–Crippen LogP) is 0.545. The van der Waals surface area contributed by atoms with Crippen molar-refractivity contribution in [3.05, 3.63) is 28.2 Å². The third kappa shape index (κ3) is 2.78. The summed E-state index contributed by atoms with van der Waals surface area (Å²) in [5.41, 5.74) is 0.795. The van der Waals surface area contributed by atoms with Crippen molar-refractivity contribution < 1.29 is 8.42 Å². The van der Waals surface area contributed by atoms with Crippen molar-refractivity contribution in [3.8, 4) is 0 Å². The van der Waals surface area contributed by atoms with Crippen molar-refractivity contribution in [2.45, 2.75) is 44.2 Å². The van der Waals surface area contributed by atoms with Crippen LogP contribution in [-0.4, -0.2) is 41.3 Å². The van der Waals surface area contributed by atoms with Gasteiger partial charge in [-0.2, -0.15) is 9.40 Å². The van der Waals surface area contributed by atoms with Gasteiger partial charge in [0.1, 0.15) is 0 Å². The molecule has 110 valence electrons. The lowest BCUT2D eigenvalue weighted by molar-refractivity contribution is 0.336. The molecular formula is C13H19N3O3S. The van der Waals surface area contributed by atoms with E-state index in [0.717, 1.165) is 31.4 Å². The minimum atomic E-state index is -3.21. The zero-order valence-electron chi connectivity index (χ0n) is 11.5. The fourth-order valence-electron chi connectivity index (χ4n) is 2.82. The first-order chi connectivity index (χ1) is 9.45. The van der Waals surface area contributed by atoms with Crippen LogP contribution in [0.3, 0.4) is 0 Å². The molecule has 1 aliphatic carbocycles. The van der Waals surface area contributed by atoms with Gasteiger partial charge in [0.25, 0.3) is 5.56 Å². The maximum atomic E-state index is 11.9. The SMILES string of the molecule is CS(=O)(=O)N1CCCC1Cn1nc(C2CC2)ccc1=O. The lowest BCUT2D eigenvalue weighted by Gasteiger charge is -2.22. The summed E-state index contributed by atoms with van der Waals surface area (Å²) in [6.45, 7) is 0.896. The van der Waals surface area contributed by atoms with Crippen LogP contribution in [0.1, 0.15) is 37.3 Å². The van der Waals surface area contributed by atoms with E-state index in [1.54, 1.807) is 12.1 Å². The standard InChI is InChI=1S/C13H19N3O3S/c1-20(18,19)16-8-2-3-11(16)9-15-13(17)7-6-12(14-15)10-4-5-10/h6-7,10-11H,2-5,8-9H2,1H3. The number of rotatable bonds is 4. The Morgan fingerprint density at radius 2 is 2.05 bits per heavy atom. The Bertz CT molecular complexity index is 664. The Hall–Kier alpha value is -1.21. The van der Waals surface area contributed by atoms with Crippen molar-refractivity contribution in [1.29, 1.82) is 0 Å². The van der Waals surface area contributed by atoms with Gasteiger partial charge < -0.3 is 0 Å². The summed E-state index contributed by atoms with van der Waals surface area (Å²) in [5, 5.41) is 4.40. The molecule has 1 aromatic heterocycles. The van der Waals surface area contributed by atoms with Gasteiger partial charge >= 0.3 is 0 Å². The first kappa shape index (κ1) is 13.8. The smallest absolute Gasteiger partial charge is 0.266 e. The monoisotopic (exact) mass is 297 g/mol. The highest BCUT2D eigenvalue weighted by Crippen LogP contribution is 2.38. The van der Waals surface area contributed by atoms with Crippen LogP contribution in [0.4, 0.5) is 0 Å². The van der Waals surface area contributed by atoms with Crippen molar-refractivity contribution in [2.75, 3.05) is 12.8 Å². The normalized spacial score (nSPS) is 24.1. The summed E-state index contributed by atoms with van der Waals surface area (Å²) in [6, 6.07) is 3.18. The van der Waals surface area contributed by atoms with Gasteiger partial charge in [0, 0.05) is 24.6 Å². The van der Waals surface area contributed by atoms with E-state index in [4.69, 9.17) is 0 Å². The molecular weight excluding hydrogens is 278 g/mol. The molecule has 0 radical (unpaired) electrons. The molecule has 1 aromatic rings. The minimum absolute atomic E-state index is 0.148. The van der Waals surface area contributed by atoms with Crippen molar-refractivity contribution in [3.63, 3.8) is 0 Å². The third-order valence-electron chi connectivity index (χ3n) is 4.02. The van der Waals surface area contributed by atoms with Crippen LogP contribution in [0.25, 0.3) is 0 Å². The number of hydrogen-bond acceptors (Lipinski definition) is 4. The quantitative estimate of drug-likeness (QED) is 0.813. The van der Waals surface area contributed by atoms with E-state index in [9.17, 15) is 13.2 Å². The van der Waals surface area contributed by atoms with Gasteiger partial charge in [0.2, 0.25) is 10.0 Å². The molecule has 2 heterocycles. The number of nitrogens with zero attached hydrogens (tertiary/aromatic N) is 3. The van der Waals surface area contributed by atoms with Gasteiger partial charge in [0.05, 0.1) is 18.5 Å². The molecule has 1 aliphatic heterocycles. The average Bonchev–Trinajstić information content (AvgIpc) is 3.10. The molecule has 7 heteroatoms. The highest BCUT2D eigenvalue weighted by molar-refractivity contribution is 7.88. The predicted molar refractivity (Wildman–Crippen MR) is 75.0 cm³/mol. The van der Waals surface area contributed by atoms with E-state index in [1.807, 2.05) is 0 Å². The molecule has 1 unspecified atom stereocenters. The van der Waals surface area contributed by atoms with Gasteiger partial charge in [-0.15, -0.1) is 0 Å². The van der Waals surface area contributed by atoms with Crippen LogP contribution >= 0.6 is 0 Å². The molecule has 0 N–H and O–H groups in total. The Balaban J connectivity index is 1.83.